The summed E-state index contributed by atoms with van der Waals surface area (Å²) >= 11 is 0. The first-order chi connectivity index (χ1) is 12.2. The van der Waals surface area contributed by atoms with Gasteiger partial charge in [0.25, 0.3) is 10.0 Å². The van der Waals surface area contributed by atoms with E-state index in [9.17, 15) is 21.2 Å². The summed E-state index contributed by atoms with van der Waals surface area (Å²) in [6, 6.07) is 9.21. The Kier molecular flexibility index (Phi) is 4.94. The van der Waals surface area contributed by atoms with Crippen LogP contribution in [0, 0.1) is 12.7 Å². The van der Waals surface area contributed by atoms with Gasteiger partial charge in [-0.05, 0) is 67.8 Å². The first kappa shape index (κ1) is 18.7. The van der Waals surface area contributed by atoms with Crippen LogP contribution in [0.15, 0.2) is 47.4 Å². The Morgan fingerprint density at radius 1 is 1.08 bits per heavy atom. The van der Waals surface area contributed by atoms with E-state index in [4.69, 9.17) is 0 Å². The number of hydrogen-bond donors (Lipinski definition) is 1. The van der Waals surface area contributed by atoms with Crippen molar-refractivity contribution in [2.75, 3.05) is 21.3 Å². The maximum absolute atomic E-state index is 13.0. The molecule has 26 heavy (non-hydrogen) atoms. The summed E-state index contributed by atoms with van der Waals surface area (Å²) in [6.07, 6.45) is 1.44. The van der Waals surface area contributed by atoms with Crippen LogP contribution in [0.2, 0.25) is 0 Å². The highest BCUT2D eigenvalue weighted by Crippen LogP contribution is 2.29. The summed E-state index contributed by atoms with van der Waals surface area (Å²) in [6.45, 7) is 2.15. The van der Waals surface area contributed by atoms with Gasteiger partial charge in [-0.25, -0.2) is 21.2 Å². The van der Waals surface area contributed by atoms with Crippen molar-refractivity contribution in [2.45, 2.75) is 24.7 Å². The number of benzene rings is 2. The molecule has 9 heteroatoms. The van der Waals surface area contributed by atoms with E-state index < -0.39 is 25.9 Å². The fourth-order valence-corrected chi connectivity index (χ4v) is 5.64. The highest BCUT2D eigenvalue weighted by molar-refractivity contribution is 7.93. The van der Waals surface area contributed by atoms with Gasteiger partial charge >= 0.3 is 0 Å². The summed E-state index contributed by atoms with van der Waals surface area (Å²) in [4.78, 5) is -0.0563. The maximum Gasteiger partial charge on any atom is 0.261 e. The third-order valence-electron chi connectivity index (χ3n) is 4.19. The molecule has 0 aromatic heterocycles. The first-order valence-electron chi connectivity index (χ1n) is 8.08. The second-order valence-corrected chi connectivity index (χ2v) is 9.85. The van der Waals surface area contributed by atoms with Gasteiger partial charge in [-0.3, -0.25) is 9.03 Å². The minimum absolute atomic E-state index is 0.0563. The van der Waals surface area contributed by atoms with Crippen LogP contribution < -0.4 is 9.03 Å². The van der Waals surface area contributed by atoms with Gasteiger partial charge in [-0.2, -0.15) is 0 Å². The Morgan fingerprint density at radius 3 is 2.38 bits per heavy atom. The third kappa shape index (κ3) is 3.83. The third-order valence-corrected chi connectivity index (χ3v) is 7.44. The zero-order chi connectivity index (χ0) is 18.9. The van der Waals surface area contributed by atoms with Crippen LogP contribution in [0.1, 0.15) is 18.4 Å². The average Bonchev–Trinajstić information content (AvgIpc) is 2.55. The molecule has 6 nitrogen and oxygen atoms in total. The molecular weight excluding hydrogens is 379 g/mol. The molecule has 2 aromatic carbocycles. The van der Waals surface area contributed by atoms with Crippen molar-refractivity contribution >= 4 is 31.4 Å². The quantitative estimate of drug-likeness (QED) is 0.858. The predicted molar refractivity (Wildman–Crippen MR) is 98.8 cm³/mol. The highest BCUT2D eigenvalue weighted by Gasteiger charge is 2.27. The van der Waals surface area contributed by atoms with E-state index in [2.05, 4.69) is 4.72 Å². The van der Waals surface area contributed by atoms with Crippen LogP contribution in [0.3, 0.4) is 0 Å². The van der Waals surface area contributed by atoms with Crippen molar-refractivity contribution in [1.29, 1.82) is 0 Å². The minimum atomic E-state index is -3.86. The highest BCUT2D eigenvalue weighted by atomic mass is 32.2. The SMILES string of the molecule is Cc1cc(NS(=O)(=O)c2ccc(F)cc2)ccc1N1CCCCS1(=O)=O. The number of nitrogens with zero attached hydrogens (tertiary/aromatic N) is 1. The van der Waals surface area contributed by atoms with Crippen molar-refractivity contribution < 1.29 is 21.2 Å². The van der Waals surface area contributed by atoms with Crippen LogP contribution in [-0.2, 0) is 20.0 Å². The second-order valence-electron chi connectivity index (χ2n) is 6.16. The smallest absolute Gasteiger partial charge is 0.261 e. The van der Waals surface area contributed by atoms with Gasteiger partial charge in [0, 0.05) is 12.2 Å². The fraction of sp³-hybridized carbons (Fsp3) is 0.294. The van der Waals surface area contributed by atoms with E-state index in [1.54, 1.807) is 19.1 Å². The van der Waals surface area contributed by atoms with Gasteiger partial charge in [-0.15, -0.1) is 0 Å². The summed E-state index contributed by atoms with van der Waals surface area (Å²) < 4.78 is 66.0. The van der Waals surface area contributed by atoms with Gasteiger partial charge in [0.1, 0.15) is 5.82 Å². The molecule has 1 aliphatic heterocycles. The first-order valence-corrected chi connectivity index (χ1v) is 11.2. The molecule has 1 heterocycles. The molecule has 1 saturated heterocycles. The van der Waals surface area contributed by atoms with E-state index in [0.717, 1.165) is 18.6 Å². The van der Waals surface area contributed by atoms with E-state index in [1.807, 2.05) is 0 Å². The molecule has 0 aliphatic carbocycles. The average molecular weight is 398 g/mol. The number of hydrogen-bond acceptors (Lipinski definition) is 4. The molecule has 2 aromatic rings. The Balaban J connectivity index is 1.87. The summed E-state index contributed by atoms with van der Waals surface area (Å²) in [5.41, 5.74) is 1.51. The minimum Gasteiger partial charge on any atom is -0.280 e. The zero-order valence-corrected chi connectivity index (χ0v) is 15.8. The number of anilines is 2. The largest absolute Gasteiger partial charge is 0.280 e. The van der Waals surface area contributed by atoms with E-state index >= 15 is 0 Å². The van der Waals surface area contributed by atoms with Crippen LogP contribution >= 0.6 is 0 Å². The molecule has 0 atom stereocenters. The lowest BCUT2D eigenvalue weighted by molar-refractivity contribution is 0.574. The van der Waals surface area contributed by atoms with Crippen molar-refractivity contribution in [3.05, 3.63) is 53.8 Å². The van der Waals surface area contributed by atoms with Crippen LogP contribution in [0.25, 0.3) is 0 Å². The fourth-order valence-electron chi connectivity index (χ4n) is 2.89. The molecule has 1 aliphatic rings. The summed E-state index contributed by atoms with van der Waals surface area (Å²) in [5, 5.41) is 0. The Morgan fingerprint density at radius 2 is 1.77 bits per heavy atom. The molecule has 1 N–H and O–H groups in total. The topological polar surface area (TPSA) is 83.6 Å². The molecule has 0 amide bonds. The summed E-state index contributed by atoms with van der Waals surface area (Å²) in [5.74, 6) is -0.405. The summed E-state index contributed by atoms with van der Waals surface area (Å²) in [7, 11) is -7.19. The molecular formula is C17H19FN2O4S2. The lowest BCUT2D eigenvalue weighted by Crippen LogP contribution is -2.38. The molecule has 140 valence electrons. The number of aryl methyl sites for hydroxylation is 1. The zero-order valence-electron chi connectivity index (χ0n) is 14.1. The molecule has 0 bridgehead atoms. The monoisotopic (exact) mass is 398 g/mol. The predicted octanol–water partition coefficient (Wildman–Crippen LogP) is 2.86. The van der Waals surface area contributed by atoms with Crippen molar-refractivity contribution in [3.63, 3.8) is 0 Å². The van der Waals surface area contributed by atoms with Crippen molar-refractivity contribution in [1.82, 2.24) is 0 Å². The lowest BCUT2D eigenvalue weighted by Gasteiger charge is -2.29. The molecule has 0 unspecified atom stereocenters. The van der Waals surface area contributed by atoms with E-state index in [-0.39, 0.29) is 10.6 Å². The number of sulfonamides is 2. The van der Waals surface area contributed by atoms with E-state index in [1.165, 1.54) is 22.5 Å². The Bertz CT molecular complexity index is 1020. The van der Waals surface area contributed by atoms with Crippen molar-refractivity contribution in [3.8, 4) is 0 Å². The molecule has 0 spiro atoms. The van der Waals surface area contributed by atoms with Crippen LogP contribution in [-0.4, -0.2) is 29.1 Å². The standard InChI is InChI=1S/C17H19FN2O4S2/c1-13-12-15(19-26(23,24)16-7-4-14(18)5-8-16)6-9-17(13)20-10-2-3-11-25(20,21)22/h4-9,12,19H,2-3,10-11H2,1H3. The van der Waals surface area contributed by atoms with Gasteiger partial charge in [0.05, 0.1) is 16.3 Å². The second kappa shape index (κ2) is 6.88. The molecule has 0 radical (unpaired) electrons. The maximum atomic E-state index is 13.0. The van der Waals surface area contributed by atoms with Gasteiger partial charge in [0.15, 0.2) is 0 Å². The number of rotatable bonds is 4. The lowest BCUT2D eigenvalue weighted by atomic mass is 10.1. The molecule has 0 saturated carbocycles. The van der Waals surface area contributed by atoms with Gasteiger partial charge in [0.2, 0.25) is 10.0 Å². The normalized spacial score (nSPS) is 17.1. The molecule has 1 fully saturated rings. The number of nitrogens with one attached hydrogen (secondary N) is 1. The van der Waals surface area contributed by atoms with E-state index in [0.29, 0.717) is 29.9 Å². The van der Waals surface area contributed by atoms with Gasteiger partial charge < -0.3 is 0 Å². The molecule has 3 rings (SSSR count). The van der Waals surface area contributed by atoms with Crippen LogP contribution in [0.4, 0.5) is 15.8 Å². The van der Waals surface area contributed by atoms with Crippen LogP contribution in [0.5, 0.6) is 0 Å². The van der Waals surface area contributed by atoms with Gasteiger partial charge in [-0.1, -0.05) is 0 Å². The Hall–Kier alpha value is -2.13. The van der Waals surface area contributed by atoms with Crippen molar-refractivity contribution in [2.24, 2.45) is 0 Å². The Labute approximate surface area is 152 Å². The number of halogens is 1.